The number of morpholine rings is 1. The van der Waals surface area contributed by atoms with Crippen LogP contribution in [-0.4, -0.2) is 47.0 Å². The minimum atomic E-state index is -0.472. The first kappa shape index (κ1) is 12.9. The first-order chi connectivity index (χ1) is 9.15. The van der Waals surface area contributed by atoms with Crippen molar-refractivity contribution in [2.45, 2.75) is 31.0 Å². The third kappa shape index (κ3) is 2.91. The van der Waals surface area contributed by atoms with Crippen molar-refractivity contribution in [3.8, 4) is 5.75 Å². The van der Waals surface area contributed by atoms with Crippen molar-refractivity contribution in [1.82, 2.24) is 4.90 Å². The smallest absolute Gasteiger partial charge is 0.115 e. The summed E-state index contributed by atoms with van der Waals surface area (Å²) in [5, 5.41) is 19.8. The number of rotatable bonds is 3. The average Bonchev–Trinajstić information content (AvgIpc) is 2.37. The fraction of sp³-hybridized carbons (Fsp3) is 0.600. The van der Waals surface area contributed by atoms with Crippen LogP contribution >= 0.6 is 0 Å². The maximum Gasteiger partial charge on any atom is 0.115 e. The maximum absolute atomic E-state index is 10.2. The zero-order chi connectivity index (χ0) is 13.3. The summed E-state index contributed by atoms with van der Waals surface area (Å²) in [6, 6.07) is 7.24. The lowest BCUT2D eigenvalue weighted by atomic mass is 9.80. The van der Waals surface area contributed by atoms with Gasteiger partial charge in [-0.25, -0.2) is 0 Å². The summed E-state index contributed by atoms with van der Waals surface area (Å²) in [7, 11) is 0. The van der Waals surface area contributed by atoms with Crippen LogP contribution in [0.3, 0.4) is 0 Å². The highest BCUT2D eigenvalue weighted by Gasteiger charge is 2.37. The number of phenolic OH excluding ortho intramolecular Hbond substituents is 1. The Morgan fingerprint density at radius 2 is 2.21 bits per heavy atom. The van der Waals surface area contributed by atoms with Gasteiger partial charge in [0, 0.05) is 19.6 Å². The van der Waals surface area contributed by atoms with Crippen LogP contribution in [0.1, 0.15) is 30.9 Å². The molecule has 0 spiro atoms. The predicted octanol–water partition coefficient (Wildman–Crippen LogP) is 1.68. The van der Waals surface area contributed by atoms with Gasteiger partial charge < -0.3 is 14.9 Å². The lowest BCUT2D eigenvalue weighted by Crippen LogP contribution is -2.51. The van der Waals surface area contributed by atoms with Crippen LogP contribution in [0.25, 0.3) is 0 Å². The molecule has 104 valence electrons. The Bertz CT molecular complexity index is 445. The fourth-order valence-corrected chi connectivity index (χ4v) is 2.93. The highest BCUT2D eigenvalue weighted by molar-refractivity contribution is 5.29. The molecule has 0 radical (unpaired) electrons. The molecule has 1 saturated heterocycles. The van der Waals surface area contributed by atoms with Crippen LogP contribution < -0.4 is 0 Å². The first-order valence-electron chi connectivity index (χ1n) is 7.00. The summed E-state index contributed by atoms with van der Waals surface area (Å²) in [4.78, 5) is 2.28. The highest BCUT2D eigenvalue weighted by Crippen LogP contribution is 2.33. The molecule has 1 aliphatic carbocycles. The van der Waals surface area contributed by atoms with Gasteiger partial charge >= 0.3 is 0 Å². The molecule has 4 heteroatoms. The molecule has 2 N–H and O–H groups in total. The molecule has 2 aliphatic rings. The summed E-state index contributed by atoms with van der Waals surface area (Å²) in [5.74, 6) is 0.274. The Balaban J connectivity index is 1.64. The zero-order valence-corrected chi connectivity index (χ0v) is 11.1. The van der Waals surface area contributed by atoms with E-state index < -0.39 is 5.60 Å². The second-order valence-corrected chi connectivity index (χ2v) is 5.77. The van der Waals surface area contributed by atoms with Gasteiger partial charge in [-0.1, -0.05) is 12.1 Å². The van der Waals surface area contributed by atoms with Crippen molar-refractivity contribution >= 4 is 0 Å². The van der Waals surface area contributed by atoms with E-state index in [1.54, 1.807) is 12.1 Å². The molecule has 1 atom stereocenters. The Kier molecular flexibility index (Phi) is 3.48. The van der Waals surface area contributed by atoms with Crippen LogP contribution in [0.15, 0.2) is 24.3 Å². The topological polar surface area (TPSA) is 52.9 Å². The Hall–Kier alpha value is -1.10. The van der Waals surface area contributed by atoms with Crippen LogP contribution in [-0.2, 0) is 4.74 Å². The number of phenols is 1. The monoisotopic (exact) mass is 263 g/mol. The van der Waals surface area contributed by atoms with Crippen LogP contribution in [0, 0.1) is 0 Å². The van der Waals surface area contributed by atoms with Gasteiger partial charge in [0.05, 0.1) is 18.3 Å². The van der Waals surface area contributed by atoms with Crippen molar-refractivity contribution in [2.75, 3.05) is 26.2 Å². The molecule has 1 saturated carbocycles. The zero-order valence-electron chi connectivity index (χ0n) is 11.1. The minimum Gasteiger partial charge on any atom is -0.508 e. The van der Waals surface area contributed by atoms with E-state index in [9.17, 15) is 10.2 Å². The van der Waals surface area contributed by atoms with E-state index in [0.29, 0.717) is 6.61 Å². The lowest BCUT2D eigenvalue weighted by Gasteiger charge is -2.43. The quantitative estimate of drug-likeness (QED) is 0.871. The molecule has 1 unspecified atom stereocenters. The van der Waals surface area contributed by atoms with E-state index in [4.69, 9.17) is 4.74 Å². The van der Waals surface area contributed by atoms with Crippen LogP contribution in [0.5, 0.6) is 5.75 Å². The second kappa shape index (κ2) is 5.12. The van der Waals surface area contributed by atoms with Gasteiger partial charge in [0.1, 0.15) is 5.75 Å². The summed E-state index contributed by atoms with van der Waals surface area (Å²) in [5.41, 5.74) is 0.533. The van der Waals surface area contributed by atoms with E-state index in [-0.39, 0.29) is 11.9 Å². The van der Waals surface area contributed by atoms with Gasteiger partial charge in [-0.15, -0.1) is 0 Å². The SMILES string of the molecule is Oc1cccc(C2CN(CC3(O)CCC3)CCO2)c1. The molecule has 0 aromatic heterocycles. The van der Waals surface area contributed by atoms with Crippen molar-refractivity contribution in [2.24, 2.45) is 0 Å². The molecular formula is C15H21NO3. The lowest BCUT2D eigenvalue weighted by molar-refractivity contribution is -0.0939. The summed E-state index contributed by atoms with van der Waals surface area (Å²) >= 11 is 0. The van der Waals surface area contributed by atoms with E-state index in [1.165, 1.54) is 0 Å². The van der Waals surface area contributed by atoms with Gasteiger partial charge in [0.25, 0.3) is 0 Å². The van der Waals surface area contributed by atoms with Crippen molar-refractivity contribution in [3.63, 3.8) is 0 Å². The molecule has 1 heterocycles. The summed E-state index contributed by atoms with van der Waals surface area (Å²) in [6.45, 7) is 3.07. The number of β-amino-alcohol motifs (C(OH)–C–C–N with tert-alkyl or cyclic N) is 1. The standard InChI is InChI=1S/C15H21NO3/c17-13-4-1-3-12(9-13)14-10-16(7-8-19-14)11-15(18)5-2-6-15/h1,3-4,9,14,17-18H,2,5-8,10-11H2. The van der Waals surface area contributed by atoms with E-state index in [0.717, 1.165) is 44.5 Å². The van der Waals surface area contributed by atoms with Gasteiger partial charge in [-0.3, -0.25) is 4.90 Å². The predicted molar refractivity (Wildman–Crippen MR) is 72.0 cm³/mol. The van der Waals surface area contributed by atoms with Gasteiger partial charge in [-0.2, -0.15) is 0 Å². The number of nitrogens with zero attached hydrogens (tertiary/aromatic N) is 1. The van der Waals surface area contributed by atoms with Gasteiger partial charge in [0.2, 0.25) is 0 Å². The van der Waals surface area contributed by atoms with Crippen LogP contribution in [0.4, 0.5) is 0 Å². The normalized spacial score (nSPS) is 26.9. The molecular weight excluding hydrogens is 242 g/mol. The number of aliphatic hydroxyl groups is 1. The van der Waals surface area contributed by atoms with E-state index in [2.05, 4.69) is 4.90 Å². The summed E-state index contributed by atoms with van der Waals surface area (Å²) < 4.78 is 5.78. The minimum absolute atomic E-state index is 0.00970. The molecule has 1 aliphatic heterocycles. The number of benzene rings is 1. The van der Waals surface area contributed by atoms with Crippen LogP contribution in [0.2, 0.25) is 0 Å². The number of aromatic hydroxyl groups is 1. The van der Waals surface area contributed by atoms with Gasteiger partial charge in [0.15, 0.2) is 0 Å². The third-order valence-corrected chi connectivity index (χ3v) is 4.19. The Morgan fingerprint density at radius 3 is 2.89 bits per heavy atom. The van der Waals surface area contributed by atoms with E-state index >= 15 is 0 Å². The average molecular weight is 263 g/mol. The van der Waals surface area contributed by atoms with Crippen molar-refractivity contribution in [3.05, 3.63) is 29.8 Å². The highest BCUT2D eigenvalue weighted by atomic mass is 16.5. The Labute approximate surface area is 113 Å². The number of ether oxygens (including phenoxy) is 1. The summed E-state index contributed by atoms with van der Waals surface area (Å²) in [6.07, 6.45) is 2.96. The van der Waals surface area contributed by atoms with Gasteiger partial charge in [-0.05, 0) is 37.0 Å². The molecule has 1 aromatic carbocycles. The maximum atomic E-state index is 10.2. The molecule has 0 bridgehead atoms. The fourth-order valence-electron chi connectivity index (χ4n) is 2.93. The largest absolute Gasteiger partial charge is 0.508 e. The third-order valence-electron chi connectivity index (χ3n) is 4.19. The van der Waals surface area contributed by atoms with Crippen molar-refractivity contribution in [1.29, 1.82) is 0 Å². The molecule has 19 heavy (non-hydrogen) atoms. The molecule has 0 amide bonds. The number of hydrogen-bond donors (Lipinski definition) is 2. The molecule has 4 nitrogen and oxygen atoms in total. The number of hydrogen-bond acceptors (Lipinski definition) is 4. The molecule has 1 aromatic rings. The molecule has 2 fully saturated rings. The second-order valence-electron chi connectivity index (χ2n) is 5.77. The molecule has 3 rings (SSSR count). The Morgan fingerprint density at radius 1 is 1.37 bits per heavy atom. The van der Waals surface area contributed by atoms with Crippen molar-refractivity contribution < 1.29 is 14.9 Å². The van der Waals surface area contributed by atoms with E-state index in [1.807, 2.05) is 12.1 Å². The first-order valence-corrected chi connectivity index (χ1v) is 7.00.